The summed E-state index contributed by atoms with van der Waals surface area (Å²) in [5.41, 5.74) is 1.70. The first kappa shape index (κ1) is 17.8. The van der Waals surface area contributed by atoms with Gasteiger partial charge in [0, 0.05) is 12.0 Å². The van der Waals surface area contributed by atoms with E-state index in [4.69, 9.17) is 9.47 Å². The van der Waals surface area contributed by atoms with Crippen molar-refractivity contribution in [2.45, 2.75) is 30.1 Å². The van der Waals surface area contributed by atoms with Crippen molar-refractivity contribution in [3.8, 4) is 11.5 Å². The number of sulfonamides is 1. The highest BCUT2D eigenvalue weighted by Gasteiger charge is 2.44. The predicted octanol–water partition coefficient (Wildman–Crippen LogP) is 3.02. The molecule has 0 saturated heterocycles. The van der Waals surface area contributed by atoms with Gasteiger partial charge in [0.25, 0.3) is 0 Å². The Kier molecular flexibility index (Phi) is 4.75. The van der Waals surface area contributed by atoms with E-state index in [0.717, 1.165) is 24.2 Å². The Morgan fingerprint density at radius 1 is 1.00 bits per heavy atom. The second-order valence-corrected chi connectivity index (χ2v) is 8.20. The van der Waals surface area contributed by atoms with Crippen LogP contribution in [0.3, 0.4) is 0 Å². The Balaban J connectivity index is 1.75. The highest BCUT2D eigenvalue weighted by atomic mass is 32.2. The van der Waals surface area contributed by atoms with Crippen LogP contribution in [-0.4, -0.2) is 29.2 Å². The van der Waals surface area contributed by atoms with Crippen LogP contribution < -0.4 is 14.2 Å². The van der Waals surface area contributed by atoms with Gasteiger partial charge in [-0.3, -0.25) is 0 Å². The molecule has 0 heterocycles. The lowest BCUT2D eigenvalue weighted by molar-refractivity contribution is 0.414. The van der Waals surface area contributed by atoms with Gasteiger partial charge in [-0.1, -0.05) is 12.1 Å². The number of benzene rings is 2. The summed E-state index contributed by atoms with van der Waals surface area (Å²) in [6, 6.07) is 12.8. The predicted molar refractivity (Wildman–Crippen MR) is 96.8 cm³/mol. The SMILES string of the molecule is COc1ccc(C2(CNS(=O)(=O)c3ccc(OC)cc3C)CC2)cc1. The van der Waals surface area contributed by atoms with Gasteiger partial charge in [-0.15, -0.1) is 0 Å². The summed E-state index contributed by atoms with van der Waals surface area (Å²) in [4.78, 5) is 0.291. The molecule has 0 aromatic heterocycles. The van der Waals surface area contributed by atoms with Gasteiger partial charge in [0.2, 0.25) is 10.0 Å². The molecule has 6 heteroatoms. The molecule has 1 fully saturated rings. The maximum atomic E-state index is 12.7. The highest BCUT2D eigenvalue weighted by Crippen LogP contribution is 2.48. The van der Waals surface area contributed by atoms with E-state index in [1.807, 2.05) is 24.3 Å². The van der Waals surface area contributed by atoms with Gasteiger partial charge < -0.3 is 9.47 Å². The molecule has 0 spiro atoms. The van der Waals surface area contributed by atoms with Crippen molar-refractivity contribution in [2.75, 3.05) is 20.8 Å². The average Bonchev–Trinajstić information content (AvgIpc) is 3.41. The molecule has 0 amide bonds. The highest BCUT2D eigenvalue weighted by molar-refractivity contribution is 7.89. The minimum absolute atomic E-state index is 0.111. The van der Waals surface area contributed by atoms with Gasteiger partial charge in [0.05, 0.1) is 19.1 Å². The van der Waals surface area contributed by atoms with Crippen molar-refractivity contribution in [1.29, 1.82) is 0 Å². The van der Waals surface area contributed by atoms with Crippen molar-refractivity contribution in [1.82, 2.24) is 4.72 Å². The van der Waals surface area contributed by atoms with Crippen LogP contribution in [0.4, 0.5) is 0 Å². The Morgan fingerprint density at radius 3 is 2.12 bits per heavy atom. The van der Waals surface area contributed by atoms with Gasteiger partial charge in [-0.25, -0.2) is 13.1 Å². The molecule has 25 heavy (non-hydrogen) atoms. The fourth-order valence-electron chi connectivity index (χ4n) is 3.02. The number of hydrogen-bond donors (Lipinski definition) is 1. The molecule has 2 aromatic carbocycles. The van der Waals surface area contributed by atoms with Crippen LogP contribution in [0.5, 0.6) is 11.5 Å². The summed E-state index contributed by atoms with van der Waals surface area (Å²) in [6.07, 6.45) is 1.95. The minimum atomic E-state index is -3.56. The molecule has 3 rings (SSSR count). The molecule has 0 bridgehead atoms. The maximum Gasteiger partial charge on any atom is 0.240 e. The van der Waals surface area contributed by atoms with E-state index in [2.05, 4.69) is 4.72 Å². The van der Waals surface area contributed by atoms with Gasteiger partial charge >= 0.3 is 0 Å². The number of nitrogens with one attached hydrogen (secondary N) is 1. The molecular weight excluding hydrogens is 338 g/mol. The van der Waals surface area contributed by atoms with Crippen LogP contribution in [0.25, 0.3) is 0 Å². The van der Waals surface area contributed by atoms with Gasteiger partial charge in [-0.05, 0) is 61.2 Å². The number of aryl methyl sites for hydroxylation is 1. The van der Waals surface area contributed by atoms with E-state index < -0.39 is 10.0 Å². The van der Waals surface area contributed by atoms with Crippen LogP contribution >= 0.6 is 0 Å². The minimum Gasteiger partial charge on any atom is -0.497 e. The molecule has 1 N–H and O–H groups in total. The van der Waals surface area contributed by atoms with Crippen molar-refractivity contribution < 1.29 is 17.9 Å². The van der Waals surface area contributed by atoms with E-state index >= 15 is 0 Å². The number of rotatable bonds is 7. The second kappa shape index (κ2) is 6.69. The molecule has 0 aliphatic heterocycles. The van der Waals surface area contributed by atoms with Crippen LogP contribution in [-0.2, 0) is 15.4 Å². The topological polar surface area (TPSA) is 64.6 Å². The molecule has 1 saturated carbocycles. The van der Waals surface area contributed by atoms with E-state index in [0.29, 0.717) is 22.8 Å². The standard InChI is InChI=1S/C19H23NO4S/c1-14-12-17(24-3)8-9-18(14)25(21,22)20-13-19(10-11-19)15-4-6-16(23-2)7-5-15/h4-9,12,20H,10-11,13H2,1-3H3. The molecule has 0 unspecified atom stereocenters. The van der Waals surface area contributed by atoms with Crippen LogP contribution in [0.1, 0.15) is 24.0 Å². The van der Waals surface area contributed by atoms with Crippen molar-refractivity contribution in [3.63, 3.8) is 0 Å². The molecule has 2 aromatic rings. The fourth-order valence-corrected chi connectivity index (χ4v) is 4.38. The summed E-state index contributed by atoms with van der Waals surface area (Å²) < 4.78 is 38.5. The number of ether oxygens (including phenoxy) is 2. The molecule has 5 nitrogen and oxygen atoms in total. The zero-order chi connectivity index (χ0) is 18.1. The van der Waals surface area contributed by atoms with E-state index in [1.54, 1.807) is 39.3 Å². The third-order valence-electron chi connectivity index (χ3n) is 4.83. The molecule has 134 valence electrons. The van der Waals surface area contributed by atoms with E-state index in [-0.39, 0.29) is 5.41 Å². The lowest BCUT2D eigenvalue weighted by Crippen LogP contribution is -2.32. The lowest BCUT2D eigenvalue weighted by Gasteiger charge is -2.18. The Bertz CT molecular complexity index is 855. The molecular formula is C19H23NO4S. The quantitative estimate of drug-likeness (QED) is 0.823. The fraction of sp³-hybridized carbons (Fsp3) is 0.368. The Morgan fingerprint density at radius 2 is 1.60 bits per heavy atom. The first-order chi connectivity index (χ1) is 11.9. The van der Waals surface area contributed by atoms with Crippen molar-refractivity contribution >= 4 is 10.0 Å². The first-order valence-corrected chi connectivity index (χ1v) is 9.67. The maximum absolute atomic E-state index is 12.7. The van der Waals surface area contributed by atoms with Gasteiger partial charge in [0.1, 0.15) is 11.5 Å². The average molecular weight is 361 g/mol. The molecule has 0 radical (unpaired) electrons. The van der Waals surface area contributed by atoms with Crippen molar-refractivity contribution in [2.24, 2.45) is 0 Å². The molecule has 1 aliphatic rings. The summed E-state index contributed by atoms with van der Waals surface area (Å²) >= 11 is 0. The third kappa shape index (κ3) is 3.65. The first-order valence-electron chi connectivity index (χ1n) is 8.19. The zero-order valence-electron chi connectivity index (χ0n) is 14.7. The molecule has 0 atom stereocenters. The van der Waals surface area contributed by atoms with Gasteiger partial charge in [-0.2, -0.15) is 0 Å². The second-order valence-electron chi connectivity index (χ2n) is 6.46. The van der Waals surface area contributed by atoms with Gasteiger partial charge in [0.15, 0.2) is 0 Å². The Labute approximate surface area is 149 Å². The van der Waals surface area contributed by atoms with Crippen LogP contribution in [0.2, 0.25) is 0 Å². The van der Waals surface area contributed by atoms with Crippen LogP contribution in [0, 0.1) is 6.92 Å². The summed E-state index contributed by atoms with van der Waals surface area (Å²) in [6.45, 7) is 2.17. The van der Waals surface area contributed by atoms with E-state index in [1.165, 1.54) is 0 Å². The summed E-state index contributed by atoms with van der Waals surface area (Å²) in [5, 5.41) is 0. The summed E-state index contributed by atoms with van der Waals surface area (Å²) in [7, 11) is -0.366. The largest absolute Gasteiger partial charge is 0.497 e. The molecule has 1 aliphatic carbocycles. The Hall–Kier alpha value is -2.05. The van der Waals surface area contributed by atoms with Crippen LogP contribution in [0.15, 0.2) is 47.4 Å². The monoisotopic (exact) mass is 361 g/mol. The number of methoxy groups -OCH3 is 2. The summed E-state index contributed by atoms with van der Waals surface area (Å²) in [5.74, 6) is 1.45. The lowest BCUT2D eigenvalue weighted by atomic mass is 9.96. The number of hydrogen-bond acceptors (Lipinski definition) is 4. The van der Waals surface area contributed by atoms with Crippen molar-refractivity contribution in [3.05, 3.63) is 53.6 Å². The third-order valence-corrected chi connectivity index (χ3v) is 6.39. The van der Waals surface area contributed by atoms with E-state index in [9.17, 15) is 8.42 Å². The normalized spacial score (nSPS) is 15.6. The zero-order valence-corrected chi connectivity index (χ0v) is 15.5. The smallest absolute Gasteiger partial charge is 0.240 e.